The van der Waals surface area contributed by atoms with Crippen LogP contribution in [-0.2, 0) is 9.84 Å². The van der Waals surface area contributed by atoms with E-state index < -0.39 is 27.3 Å². The monoisotopic (exact) mass is 303 g/mol. The van der Waals surface area contributed by atoms with Gasteiger partial charge in [0.25, 0.3) is 0 Å². The van der Waals surface area contributed by atoms with Crippen molar-refractivity contribution in [3.63, 3.8) is 0 Å². The average molecular weight is 303 g/mol. The Morgan fingerprint density at radius 1 is 1.20 bits per heavy atom. The predicted molar refractivity (Wildman–Crippen MR) is 70.4 cm³/mol. The number of nitrogens with zero attached hydrogens (tertiary/aromatic N) is 1. The zero-order chi connectivity index (χ0) is 14.8. The van der Waals surface area contributed by atoms with E-state index in [1.54, 1.807) is 4.90 Å². The Labute approximate surface area is 116 Å². The van der Waals surface area contributed by atoms with Crippen LogP contribution in [0.3, 0.4) is 0 Å². The molecule has 0 spiro atoms. The normalized spacial score (nSPS) is 19.5. The molecule has 4 nitrogen and oxygen atoms in total. The van der Waals surface area contributed by atoms with Gasteiger partial charge >= 0.3 is 0 Å². The Bertz CT molecular complexity index is 616. The lowest BCUT2D eigenvalue weighted by Gasteiger charge is -2.18. The molecule has 1 fully saturated rings. The van der Waals surface area contributed by atoms with Crippen LogP contribution in [0.15, 0.2) is 18.2 Å². The number of benzene rings is 1. The van der Waals surface area contributed by atoms with Crippen molar-refractivity contribution in [1.82, 2.24) is 4.90 Å². The average Bonchev–Trinajstić information content (AvgIpc) is 2.51. The van der Waals surface area contributed by atoms with Crippen molar-refractivity contribution in [3.8, 4) is 0 Å². The Morgan fingerprint density at radius 3 is 2.65 bits per heavy atom. The summed E-state index contributed by atoms with van der Waals surface area (Å²) in [6.07, 6.45) is 0.460. The van der Waals surface area contributed by atoms with E-state index in [1.165, 1.54) is 0 Å². The van der Waals surface area contributed by atoms with Crippen molar-refractivity contribution in [2.75, 3.05) is 31.1 Å². The maximum atomic E-state index is 13.5. The molecule has 0 N–H and O–H groups in total. The molecule has 0 radical (unpaired) electrons. The fourth-order valence-corrected chi connectivity index (χ4v) is 3.46. The Balaban J connectivity index is 2.04. The molecule has 0 saturated carbocycles. The van der Waals surface area contributed by atoms with Crippen molar-refractivity contribution in [3.05, 3.63) is 35.4 Å². The molecule has 0 aromatic heterocycles. The number of ketones is 1. The van der Waals surface area contributed by atoms with E-state index in [0.717, 1.165) is 12.1 Å². The minimum absolute atomic E-state index is 0.00613. The number of halogens is 2. The number of hydrogen-bond donors (Lipinski definition) is 0. The minimum Gasteiger partial charge on any atom is -0.295 e. The molecule has 1 heterocycles. The Kier molecular flexibility index (Phi) is 4.49. The third-order valence-electron chi connectivity index (χ3n) is 3.25. The van der Waals surface area contributed by atoms with Gasteiger partial charge in [-0.2, -0.15) is 0 Å². The van der Waals surface area contributed by atoms with Gasteiger partial charge in [0.15, 0.2) is 15.6 Å². The van der Waals surface area contributed by atoms with Crippen molar-refractivity contribution >= 4 is 15.6 Å². The summed E-state index contributed by atoms with van der Waals surface area (Å²) in [4.78, 5) is 13.7. The highest BCUT2D eigenvalue weighted by Gasteiger charge is 2.22. The van der Waals surface area contributed by atoms with Crippen molar-refractivity contribution in [1.29, 1.82) is 0 Å². The summed E-state index contributed by atoms with van der Waals surface area (Å²) < 4.78 is 49.2. The van der Waals surface area contributed by atoms with E-state index in [1.807, 2.05) is 0 Å². The SMILES string of the molecule is O=C(CN1CCCS(=O)(=O)CC1)c1ccc(F)cc1F. The zero-order valence-corrected chi connectivity index (χ0v) is 11.6. The van der Waals surface area contributed by atoms with Crippen LogP contribution < -0.4 is 0 Å². The van der Waals surface area contributed by atoms with Gasteiger partial charge in [-0.1, -0.05) is 0 Å². The van der Waals surface area contributed by atoms with Gasteiger partial charge in [-0.25, -0.2) is 17.2 Å². The van der Waals surface area contributed by atoms with Crippen LogP contribution in [0.1, 0.15) is 16.8 Å². The third-order valence-corrected chi connectivity index (χ3v) is 4.96. The highest BCUT2D eigenvalue weighted by molar-refractivity contribution is 7.91. The molecule has 1 aliphatic heterocycles. The molecule has 20 heavy (non-hydrogen) atoms. The summed E-state index contributed by atoms with van der Waals surface area (Å²) in [5, 5.41) is 0. The van der Waals surface area contributed by atoms with Gasteiger partial charge in [0.2, 0.25) is 0 Å². The molecule has 0 unspecified atom stereocenters. The van der Waals surface area contributed by atoms with Gasteiger partial charge in [0.1, 0.15) is 11.6 Å². The zero-order valence-electron chi connectivity index (χ0n) is 10.8. The van der Waals surface area contributed by atoms with Gasteiger partial charge < -0.3 is 0 Å². The van der Waals surface area contributed by atoms with Crippen molar-refractivity contribution < 1.29 is 22.0 Å². The first-order valence-electron chi connectivity index (χ1n) is 6.28. The summed E-state index contributed by atoms with van der Waals surface area (Å²) in [5.41, 5.74) is -0.168. The second kappa shape index (κ2) is 5.97. The van der Waals surface area contributed by atoms with E-state index >= 15 is 0 Å². The number of rotatable bonds is 3. The van der Waals surface area contributed by atoms with Crippen LogP contribution in [0.4, 0.5) is 8.78 Å². The molecule has 1 saturated heterocycles. The molecule has 0 aliphatic carbocycles. The minimum atomic E-state index is -3.04. The molecular weight excluding hydrogens is 288 g/mol. The van der Waals surface area contributed by atoms with Crippen molar-refractivity contribution in [2.24, 2.45) is 0 Å². The maximum Gasteiger partial charge on any atom is 0.179 e. The van der Waals surface area contributed by atoms with Gasteiger partial charge in [-0.05, 0) is 25.1 Å². The molecule has 2 rings (SSSR count). The lowest BCUT2D eigenvalue weighted by atomic mass is 10.1. The smallest absolute Gasteiger partial charge is 0.179 e. The van der Waals surface area contributed by atoms with Gasteiger partial charge in [-0.3, -0.25) is 9.69 Å². The maximum absolute atomic E-state index is 13.5. The molecule has 0 atom stereocenters. The standard InChI is InChI=1S/C13H15F2NO3S/c14-10-2-3-11(12(15)8-10)13(17)9-16-4-1-6-20(18,19)7-5-16/h2-3,8H,1,4-7,9H2. The highest BCUT2D eigenvalue weighted by atomic mass is 32.2. The topological polar surface area (TPSA) is 54.5 Å². The summed E-state index contributed by atoms with van der Waals surface area (Å²) >= 11 is 0. The van der Waals surface area contributed by atoms with E-state index in [0.29, 0.717) is 19.0 Å². The first kappa shape index (κ1) is 15.1. The van der Waals surface area contributed by atoms with Crippen molar-refractivity contribution in [2.45, 2.75) is 6.42 Å². The van der Waals surface area contributed by atoms with E-state index in [4.69, 9.17) is 0 Å². The summed E-state index contributed by atoms with van der Waals surface area (Å²) in [6, 6.07) is 2.81. The molecule has 7 heteroatoms. The van der Waals surface area contributed by atoms with Crippen LogP contribution in [0.5, 0.6) is 0 Å². The van der Waals surface area contributed by atoms with Gasteiger partial charge in [-0.15, -0.1) is 0 Å². The molecule has 1 aliphatic rings. The molecule has 0 bridgehead atoms. The van der Waals surface area contributed by atoms with Crippen LogP contribution in [0.2, 0.25) is 0 Å². The first-order chi connectivity index (χ1) is 9.37. The van der Waals surface area contributed by atoms with E-state index in [9.17, 15) is 22.0 Å². The molecule has 1 aromatic rings. The summed E-state index contributed by atoms with van der Waals surface area (Å²) in [5.74, 6) is -1.98. The number of carbonyl (C=O) groups is 1. The van der Waals surface area contributed by atoms with Gasteiger partial charge in [0.05, 0.1) is 23.6 Å². The molecule has 110 valence electrons. The van der Waals surface area contributed by atoms with E-state index in [-0.39, 0.29) is 30.2 Å². The van der Waals surface area contributed by atoms with Crippen LogP contribution in [-0.4, -0.2) is 50.2 Å². The van der Waals surface area contributed by atoms with Gasteiger partial charge in [0, 0.05) is 12.6 Å². The highest BCUT2D eigenvalue weighted by Crippen LogP contribution is 2.12. The fraction of sp³-hybridized carbons (Fsp3) is 0.462. The summed E-state index contributed by atoms with van der Waals surface area (Å²) in [7, 11) is -3.04. The van der Waals surface area contributed by atoms with Crippen LogP contribution >= 0.6 is 0 Å². The third kappa shape index (κ3) is 3.83. The Morgan fingerprint density at radius 2 is 1.95 bits per heavy atom. The molecule has 0 amide bonds. The van der Waals surface area contributed by atoms with Crippen LogP contribution in [0, 0.1) is 11.6 Å². The predicted octanol–water partition coefficient (Wildman–Crippen LogP) is 1.27. The molecule has 1 aromatic carbocycles. The second-order valence-electron chi connectivity index (χ2n) is 4.83. The Hall–Kier alpha value is -1.34. The number of hydrogen-bond acceptors (Lipinski definition) is 4. The van der Waals surface area contributed by atoms with E-state index in [2.05, 4.69) is 0 Å². The number of carbonyl (C=O) groups excluding carboxylic acids is 1. The lowest BCUT2D eigenvalue weighted by molar-refractivity contribution is 0.0931. The fourth-order valence-electron chi connectivity index (χ4n) is 2.15. The quantitative estimate of drug-likeness (QED) is 0.789. The summed E-state index contributed by atoms with van der Waals surface area (Å²) in [6.45, 7) is 0.683. The number of sulfone groups is 1. The lowest BCUT2D eigenvalue weighted by Crippen LogP contribution is -2.32. The largest absolute Gasteiger partial charge is 0.295 e. The first-order valence-corrected chi connectivity index (χ1v) is 8.10. The van der Waals surface area contributed by atoms with Crippen LogP contribution in [0.25, 0.3) is 0 Å². The molecular formula is C13H15F2NO3S. The second-order valence-corrected chi connectivity index (χ2v) is 7.13. The number of Topliss-reactive ketones (excluding diaryl/α,β-unsaturated/α-hetero) is 1.